The van der Waals surface area contributed by atoms with Crippen LogP contribution < -0.4 is 10.1 Å². The van der Waals surface area contributed by atoms with Gasteiger partial charge in [0.05, 0.1) is 44.3 Å². The number of hydrogen-bond acceptors (Lipinski definition) is 6. The smallest absolute Gasteiger partial charge is 0.139 e. The zero-order valence-electron chi connectivity index (χ0n) is 18.8. The molecule has 0 aliphatic carbocycles. The van der Waals surface area contributed by atoms with Gasteiger partial charge < -0.3 is 10.1 Å². The molecule has 36 heavy (non-hydrogen) atoms. The molecule has 0 aliphatic heterocycles. The fourth-order valence-corrected chi connectivity index (χ4v) is 5.17. The number of nitriles is 1. The van der Waals surface area contributed by atoms with Gasteiger partial charge in [0, 0.05) is 40.7 Å². The van der Waals surface area contributed by atoms with Crippen LogP contribution in [0.25, 0.3) is 20.7 Å². The van der Waals surface area contributed by atoms with Crippen molar-refractivity contribution >= 4 is 56.1 Å². The molecule has 0 aliphatic rings. The molecule has 5 nitrogen and oxygen atoms in total. The van der Waals surface area contributed by atoms with Crippen LogP contribution in [-0.2, 0) is 0 Å². The van der Waals surface area contributed by atoms with Crippen molar-refractivity contribution in [3.8, 4) is 34.1 Å². The summed E-state index contributed by atoms with van der Waals surface area (Å²) in [4.78, 5) is 9.52. The third-order valence-electron chi connectivity index (χ3n) is 5.36. The number of methoxy groups -OCH3 is 1. The lowest BCUT2D eigenvalue weighted by Gasteiger charge is -2.13. The Morgan fingerprint density at radius 2 is 1.67 bits per heavy atom. The Kier molecular flexibility index (Phi) is 6.75. The Morgan fingerprint density at radius 3 is 2.36 bits per heavy atom. The first-order valence-electron chi connectivity index (χ1n) is 10.7. The van der Waals surface area contributed by atoms with E-state index in [-0.39, 0.29) is 0 Å². The maximum atomic E-state index is 9.74. The fraction of sp³-hybridized carbons (Fsp3) is 0.0357. The van der Waals surface area contributed by atoms with Gasteiger partial charge in [0.2, 0.25) is 0 Å². The number of halogens is 2. The monoisotopic (exact) mass is 526 g/mol. The fourth-order valence-electron chi connectivity index (χ4n) is 3.54. The van der Waals surface area contributed by atoms with E-state index >= 15 is 0 Å². The molecule has 0 amide bonds. The Morgan fingerprint density at radius 1 is 0.944 bits per heavy atom. The summed E-state index contributed by atoms with van der Waals surface area (Å²) < 4.78 is 6.16. The van der Waals surface area contributed by atoms with Gasteiger partial charge in [0.1, 0.15) is 11.8 Å². The molecular weight excluding hydrogens is 511 g/mol. The molecular formula is C28H16Cl2N4OS. The molecule has 0 radical (unpaired) electrons. The van der Waals surface area contributed by atoms with Crippen LogP contribution >= 0.6 is 34.5 Å². The van der Waals surface area contributed by atoms with E-state index in [1.165, 1.54) is 7.11 Å². The number of pyridine rings is 2. The van der Waals surface area contributed by atoms with E-state index in [0.29, 0.717) is 32.7 Å². The molecule has 8 heteroatoms. The van der Waals surface area contributed by atoms with E-state index in [4.69, 9.17) is 27.9 Å². The third kappa shape index (κ3) is 4.84. The van der Waals surface area contributed by atoms with Crippen molar-refractivity contribution in [2.45, 2.75) is 0 Å². The number of thiophene rings is 1. The summed E-state index contributed by atoms with van der Waals surface area (Å²) in [5.74, 6) is 6.79. The van der Waals surface area contributed by atoms with Crippen molar-refractivity contribution in [1.82, 2.24) is 9.97 Å². The van der Waals surface area contributed by atoms with Crippen LogP contribution in [0.4, 0.5) is 11.4 Å². The molecule has 0 unspecified atom stereocenters. The first-order chi connectivity index (χ1) is 17.6. The van der Waals surface area contributed by atoms with E-state index in [0.717, 1.165) is 31.8 Å². The molecule has 1 N–H and O–H groups in total. The van der Waals surface area contributed by atoms with Gasteiger partial charge in [0.15, 0.2) is 0 Å². The number of nitrogens with zero attached hydrogens (tertiary/aromatic N) is 3. The van der Waals surface area contributed by atoms with Crippen molar-refractivity contribution in [3.63, 3.8) is 0 Å². The van der Waals surface area contributed by atoms with Crippen LogP contribution in [0.3, 0.4) is 0 Å². The van der Waals surface area contributed by atoms with Crippen LogP contribution in [0, 0.1) is 23.2 Å². The number of anilines is 2. The van der Waals surface area contributed by atoms with Crippen LogP contribution in [0.2, 0.25) is 10.0 Å². The quantitative estimate of drug-likeness (QED) is 0.243. The predicted octanol–water partition coefficient (Wildman–Crippen LogP) is 7.69. The van der Waals surface area contributed by atoms with Gasteiger partial charge in [0.25, 0.3) is 0 Å². The SMILES string of the molecule is COc1cc(Nc2c(C#N)cnc3cc(-c4ccc(C#Cc5ccncc5)cc4)sc23)c(Cl)cc1Cl. The molecule has 0 fully saturated rings. The van der Waals surface area contributed by atoms with Gasteiger partial charge in [-0.25, -0.2) is 0 Å². The molecule has 0 atom stereocenters. The number of rotatable bonds is 4. The largest absolute Gasteiger partial charge is 0.495 e. The van der Waals surface area contributed by atoms with Gasteiger partial charge in [-0.1, -0.05) is 47.2 Å². The minimum Gasteiger partial charge on any atom is -0.495 e. The molecule has 0 saturated carbocycles. The topological polar surface area (TPSA) is 70.8 Å². The van der Waals surface area contributed by atoms with Gasteiger partial charge in [-0.2, -0.15) is 5.26 Å². The maximum Gasteiger partial charge on any atom is 0.139 e. The van der Waals surface area contributed by atoms with Gasteiger partial charge in [-0.15, -0.1) is 11.3 Å². The molecule has 0 spiro atoms. The summed E-state index contributed by atoms with van der Waals surface area (Å²) in [6, 6.07) is 19.3. The van der Waals surface area contributed by atoms with E-state index in [9.17, 15) is 5.26 Å². The average molecular weight is 527 g/mol. The molecule has 5 aromatic rings. The second kappa shape index (κ2) is 10.3. The number of aromatic nitrogens is 2. The standard InChI is InChI=1S/C28H16Cl2N4OS/c1-35-25-13-23(21(29)12-22(25)30)34-27-20(15-31)16-33-24-14-26(36-28(24)27)19-6-4-17(5-7-19)2-3-18-8-10-32-11-9-18/h4-14,16H,1H3,(H,33,34). The molecule has 0 bridgehead atoms. The van der Waals surface area contributed by atoms with Crippen LogP contribution in [-0.4, -0.2) is 17.1 Å². The highest BCUT2D eigenvalue weighted by Crippen LogP contribution is 2.41. The number of hydrogen-bond donors (Lipinski definition) is 1. The van der Waals surface area contributed by atoms with Gasteiger partial charge in [-0.05, 0) is 42.0 Å². The van der Waals surface area contributed by atoms with Gasteiger partial charge >= 0.3 is 0 Å². The van der Waals surface area contributed by atoms with Gasteiger partial charge in [-0.3, -0.25) is 9.97 Å². The second-order valence-corrected chi connectivity index (χ2v) is 9.51. The molecule has 3 aromatic heterocycles. The Bertz CT molecular complexity index is 1680. The van der Waals surface area contributed by atoms with Crippen LogP contribution in [0.15, 0.2) is 73.2 Å². The lowest BCUT2D eigenvalue weighted by Crippen LogP contribution is -1.97. The van der Waals surface area contributed by atoms with E-state index in [1.54, 1.807) is 42.1 Å². The molecule has 0 saturated heterocycles. The average Bonchev–Trinajstić information content (AvgIpc) is 3.35. The summed E-state index contributed by atoms with van der Waals surface area (Å²) in [6.07, 6.45) is 5.00. The van der Waals surface area contributed by atoms with Crippen molar-refractivity contribution < 1.29 is 4.74 Å². The lowest BCUT2D eigenvalue weighted by atomic mass is 10.1. The summed E-state index contributed by atoms with van der Waals surface area (Å²) in [5.41, 5.74) is 5.24. The molecule has 3 heterocycles. The van der Waals surface area contributed by atoms with E-state index in [1.807, 2.05) is 42.5 Å². The van der Waals surface area contributed by atoms with Crippen LogP contribution in [0.5, 0.6) is 5.75 Å². The van der Waals surface area contributed by atoms with Crippen molar-refractivity contribution in [2.24, 2.45) is 0 Å². The summed E-state index contributed by atoms with van der Waals surface area (Å²) >= 11 is 14.1. The minimum atomic E-state index is 0.403. The highest BCUT2D eigenvalue weighted by Gasteiger charge is 2.16. The van der Waals surface area contributed by atoms with E-state index in [2.05, 4.69) is 33.2 Å². The van der Waals surface area contributed by atoms with Crippen LogP contribution in [0.1, 0.15) is 16.7 Å². The minimum absolute atomic E-state index is 0.403. The highest BCUT2D eigenvalue weighted by molar-refractivity contribution is 7.22. The summed E-state index contributed by atoms with van der Waals surface area (Å²) in [7, 11) is 1.53. The Balaban J connectivity index is 1.50. The number of ether oxygens (including phenoxy) is 1. The number of fused-ring (bicyclic) bond motifs is 1. The lowest BCUT2D eigenvalue weighted by molar-refractivity contribution is 0.415. The van der Waals surface area contributed by atoms with Crippen molar-refractivity contribution in [1.29, 1.82) is 5.26 Å². The Hall–Kier alpha value is -4.07. The summed E-state index contributed by atoms with van der Waals surface area (Å²) in [6.45, 7) is 0. The van der Waals surface area contributed by atoms with Crippen molar-refractivity contribution in [3.05, 3.63) is 99.9 Å². The number of nitrogens with one attached hydrogen (secondary N) is 1. The third-order valence-corrected chi connectivity index (χ3v) is 7.16. The first-order valence-corrected chi connectivity index (χ1v) is 12.3. The molecule has 5 rings (SSSR count). The normalized spacial score (nSPS) is 10.4. The Labute approximate surface area is 221 Å². The van der Waals surface area contributed by atoms with Crippen molar-refractivity contribution in [2.75, 3.05) is 12.4 Å². The summed E-state index contributed by atoms with van der Waals surface area (Å²) in [5, 5.41) is 13.8. The molecule has 2 aromatic carbocycles. The second-order valence-electron chi connectivity index (χ2n) is 7.64. The zero-order valence-corrected chi connectivity index (χ0v) is 21.2. The molecule has 174 valence electrons. The highest BCUT2D eigenvalue weighted by atomic mass is 35.5. The first kappa shape index (κ1) is 23.7. The number of benzene rings is 2. The maximum absolute atomic E-state index is 9.74. The predicted molar refractivity (Wildman–Crippen MR) is 146 cm³/mol. The van der Waals surface area contributed by atoms with E-state index < -0.39 is 0 Å². The zero-order chi connectivity index (χ0) is 25.1.